The first kappa shape index (κ1) is 26.1. The molecule has 2 aromatic heterocycles. The molecule has 1 spiro atoms. The van der Waals surface area contributed by atoms with Crippen LogP contribution in [0.2, 0.25) is 0 Å². The fourth-order valence-corrected chi connectivity index (χ4v) is 6.19. The Morgan fingerprint density at radius 1 is 1.05 bits per heavy atom. The van der Waals surface area contributed by atoms with E-state index in [0.29, 0.717) is 65.7 Å². The van der Waals surface area contributed by atoms with E-state index in [1.807, 2.05) is 12.1 Å². The quantitative estimate of drug-likeness (QED) is 0.337. The maximum atomic E-state index is 13.6. The average Bonchev–Trinajstić information content (AvgIpc) is 3.86. The van der Waals surface area contributed by atoms with Crippen molar-refractivity contribution in [2.45, 2.75) is 43.6 Å². The van der Waals surface area contributed by atoms with Gasteiger partial charge in [-0.15, -0.1) is 0 Å². The van der Waals surface area contributed by atoms with E-state index in [9.17, 15) is 19.5 Å². The topological polar surface area (TPSA) is 119 Å². The molecule has 0 atom stereocenters. The van der Waals surface area contributed by atoms with Gasteiger partial charge in [0.25, 0.3) is 5.91 Å². The maximum Gasteiger partial charge on any atom is 0.337 e. The molecule has 42 heavy (non-hydrogen) atoms. The van der Waals surface area contributed by atoms with Gasteiger partial charge in [-0.25, -0.2) is 9.78 Å². The molecule has 3 aliphatic rings. The number of carboxylic acid groups (broad SMARTS) is 1. The second-order valence-corrected chi connectivity index (χ2v) is 11.4. The van der Waals surface area contributed by atoms with Crippen molar-refractivity contribution in [1.82, 2.24) is 14.9 Å². The zero-order valence-corrected chi connectivity index (χ0v) is 23.1. The number of ketones is 1. The van der Waals surface area contributed by atoms with Crippen LogP contribution >= 0.6 is 0 Å². The number of likely N-dealkylation sites (tertiary alicyclic amines) is 1. The fourth-order valence-electron chi connectivity index (χ4n) is 6.19. The lowest BCUT2D eigenvalue weighted by Crippen LogP contribution is -2.52. The lowest BCUT2D eigenvalue weighted by Gasteiger charge is -2.44. The van der Waals surface area contributed by atoms with Crippen LogP contribution in [0.25, 0.3) is 22.0 Å². The molecule has 9 heteroatoms. The highest BCUT2D eigenvalue weighted by molar-refractivity contribution is 6.02. The van der Waals surface area contributed by atoms with Crippen molar-refractivity contribution in [1.29, 1.82) is 0 Å². The maximum absolute atomic E-state index is 13.6. The number of carboxylic acids is 1. The third-order valence-corrected chi connectivity index (χ3v) is 8.66. The van der Waals surface area contributed by atoms with Gasteiger partial charge in [0.05, 0.1) is 30.2 Å². The Morgan fingerprint density at radius 3 is 2.60 bits per heavy atom. The molecule has 1 aliphatic carbocycles. The van der Waals surface area contributed by atoms with E-state index < -0.39 is 11.6 Å². The van der Waals surface area contributed by atoms with E-state index in [0.717, 1.165) is 23.7 Å². The van der Waals surface area contributed by atoms with E-state index >= 15 is 0 Å². The number of rotatable bonds is 5. The number of pyridine rings is 2. The molecular weight excluding hydrogens is 534 g/mol. The summed E-state index contributed by atoms with van der Waals surface area (Å²) in [4.78, 5) is 49.0. The van der Waals surface area contributed by atoms with Crippen LogP contribution in [-0.4, -0.2) is 63.4 Å². The number of fused-ring (bicyclic) bond motifs is 2. The summed E-state index contributed by atoms with van der Waals surface area (Å²) in [5.74, 6) is 0.381. The SMILES string of the molecule is COc1cc(C(=O)N2CCC3(CC2)CC(=O)c2cc(-c4cncc(C(=O)O)c4)ccc2O3)nc2c(C3CC3)cccc12. The number of hydrogen-bond acceptors (Lipinski definition) is 7. The van der Waals surface area contributed by atoms with Crippen molar-refractivity contribution in [3.05, 3.63) is 83.3 Å². The molecule has 212 valence electrons. The van der Waals surface area contributed by atoms with Crippen molar-refractivity contribution >= 4 is 28.6 Å². The van der Waals surface area contributed by atoms with Crippen molar-refractivity contribution in [3.63, 3.8) is 0 Å². The molecule has 2 aromatic carbocycles. The zero-order valence-electron chi connectivity index (χ0n) is 23.1. The number of piperidine rings is 1. The summed E-state index contributed by atoms with van der Waals surface area (Å²) in [6.07, 6.45) is 6.39. The van der Waals surface area contributed by atoms with Crippen molar-refractivity contribution in [2.24, 2.45) is 0 Å². The number of aromatic nitrogens is 2. The Morgan fingerprint density at radius 2 is 1.86 bits per heavy atom. The van der Waals surface area contributed by atoms with Crippen molar-refractivity contribution in [3.8, 4) is 22.6 Å². The van der Waals surface area contributed by atoms with Crippen LogP contribution in [0.15, 0.2) is 60.9 Å². The van der Waals surface area contributed by atoms with Gasteiger partial charge < -0.3 is 19.5 Å². The molecule has 0 unspecified atom stereocenters. The van der Waals surface area contributed by atoms with E-state index in [-0.39, 0.29) is 23.7 Å². The van der Waals surface area contributed by atoms with Crippen LogP contribution in [0.5, 0.6) is 11.5 Å². The molecule has 4 heterocycles. The van der Waals surface area contributed by atoms with Crippen LogP contribution in [0.1, 0.15) is 74.8 Å². The number of aromatic carboxylic acids is 1. The number of carbonyl (C=O) groups excluding carboxylic acids is 2. The van der Waals surface area contributed by atoms with E-state index in [1.54, 1.807) is 42.5 Å². The standard InChI is InChI=1S/C33H29N3O6/c1-41-29-15-26(35-30-23(19-5-6-19)3-2-4-24(29)30)31(38)36-11-9-33(10-12-36)16-27(37)25-14-20(7-8-28(25)42-33)21-13-22(32(39)40)18-34-17-21/h2-4,7-8,13-15,17-19H,5-6,9-12,16H2,1H3,(H,39,40). The molecule has 1 amide bonds. The zero-order chi connectivity index (χ0) is 29.0. The Kier molecular flexibility index (Phi) is 6.18. The number of ether oxygens (including phenoxy) is 2. The van der Waals surface area contributed by atoms with E-state index in [2.05, 4.69) is 11.1 Å². The third-order valence-electron chi connectivity index (χ3n) is 8.66. The number of Topliss-reactive ketones (excluding diaryl/α,β-unsaturated/α-hetero) is 1. The number of methoxy groups -OCH3 is 1. The van der Waals surface area contributed by atoms with Crippen molar-refractivity contribution < 1.29 is 29.0 Å². The van der Waals surface area contributed by atoms with E-state index in [4.69, 9.17) is 14.5 Å². The molecule has 0 bridgehead atoms. The van der Waals surface area contributed by atoms with Gasteiger partial charge in [0.1, 0.15) is 22.8 Å². The molecule has 1 saturated carbocycles. The predicted octanol–water partition coefficient (Wildman–Crippen LogP) is 5.52. The largest absolute Gasteiger partial charge is 0.496 e. The summed E-state index contributed by atoms with van der Waals surface area (Å²) in [5, 5.41) is 10.2. The first-order valence-corrected chi connectivity index (χ1v) is 14.2. The Balaban J connectivity index is 1.10. The van der Waals surface area contributed by atoms with Gasteiger partial charge in [-0.3, -0.25) is 14.6 Å². The number of benzene rings is 2. The summed E-state index contributed by atoms with van der Waals surface area (Å²) in [6, 6.07) is 14.7. The van der Waals surface area contributed by atoms with Crippen LogP contribution in [0.4, 0.5) is 0 Å². The second-order valence-electron chi connectivity index (χ2n) is 11.4. The van der Waals surface area contributed by atoms with Crippen LogP contribution in [0, 0.1) is 0 Å². The highest BCUT2D eigenvalue weighted by Gasteiger charge is 2.44. The summed E-state index contributed by atoms with van der Waals surface area (Å²) >= 11 is 0. The number of amides is 1. The number of nitrogens with zero attached hydrogens (tertiary/aromatic N) is 3. The number of para-hydroxylation sites is 1. The first-order chi connectivity index (χ1) is 20.3. The van der Waals surface area contributed by atoms with Gasteiger partial charge in [-0.05, 0) is 54.2 Å². The average molecular weight is 564 g/mol. The molecule has 4 aromatic rings. The molecule has 2 aliphatic heterocycles. The molecule has 9 nitrogen and oxygen atoms in total. The molecule has 0 radical (unpaired) electrons. The highest BCUT2D eigenvalue weighted by atomic mass is 16.5. The number of carbonyl (C=O) groups is 3. The normalized spacial score (nSPS) is 17.5. The molecule has 1 saturated heterocycles. The minimum Gasteiger partial charge on any atom is -0.496 e. The van der Waals surface area contributed by atoms with Crippen LogP contribution in [-0.2, 0) is 0 Å². The Labute approximate surface area is 242 Å². The summed E-state index contributed by atoms with van der Waals surface area (Å²) in [6.45, 7) is 0.888. The highest BCUT2D eigenvalue weighted by Crippen LogP contribution is 2.44. The van der Waals surface area contributed by atoms with Gasteiger partial charge >= 0.3 is 5.97 Å². The Hall–Kier alpha value is -4.79. The smallest absolute Gasteiger partial charge is 0.337 e. The monoisotopic (exact) mass is 563 g/mol. The van der Waals surface area contributed by atoms with Gasteiger partial charge in [-0.2, -0.15) is 0 Å². The molecule has 7 rings (SSSR count). The molecule has 1 N–H and O–H groups in total. The predicted molar refractivity (Wildman–Crippen MR) is 154 cm³/mol. The lowest BCUT2D eigenvalue weighted by atomic mass is 9.82. The summed E-state index contributed by atoms with van der Waals surface area (Å²) in [7, 11) is 1.61. The first-order valence-electron chi connectivity index (χ1n) is 14.2. The molecule has 2 fully saturated rings. The Bertz CT molecular complexity index is 1770. The van der Waals surface area contributed by atoms with Gasteiger partial charge in [0.2, 0.25) is 0 Å². The van der Waals surface area contributed by atoms with E-state index in [1.165, 1.54) is 17.8 Å². The second kappa shape index (κ2) is 9.94. The minimum absolute atomic E-state index is 0.0336. The lowest BCUT2D eigenvalue weighted by molar-refractivity contribution is -0.00585. The van der Waals surface area contributed by atoms with Crippen LogP contribution < -0.4 is 9.47 Å². The van der Waals surface area contributed by atoms with Gasteiger partial charge in [0, 0.05) is 55.3 Å². The van der Waals surface area contributed by atoms with Gasteiger partial charge in [-0.1, -0.05) is 18.2 Å². The van der Waals surface area contributed by atoms with Crippen molar-refractivity contribution in [2.75, 3.05) is 20.2 Å². The third kappa shape index (κ3) is 4.55. The summed E-state index contributed by atoms with van der Waals surface area (Å²) in [5.41, 5.74) is 3.54. The van der Waals surface area contributed by atoms with Crippen LogP contribution in [0.3, 0.4) is 0 Å². The fraction of sp³-hybridized carbons (Fsp3) is 0.303. The minimum atomic E-state index is -1.06. The number of hydrogen-bond donors (Lipinski definition) is 1. The summed E-state index contributed by atoms with van der Waals surface area (Å²) < 4.78 is 12.1. The molecular formula is C33H29N3O6. The van der Waals surface area contributed by atoms with Gasteiger partial charge in [0.15, 0.2) is 5.78 Å².